The lowest BCUT2D eigenvalue weighted by molar-refractivity contribution is 0.912. The number of hydrogen-bond donors (Lipinski definition) is 2. The fraction of sp³-hybridized carbons (Fsp3) is 0.333. The predicted molar refractivity (Wildman–Crippen MR) is 59.6 cm³/mol. The molecule has 0 amide bonds. The fourth-order valence-electron chi connectivity index (χ4n) is 1.57. The fourth-order valence-corrected chi connectivity index (χ4v) is 1.71. The van der Waals surface area contributed by atoms with E-state index < -0.39 is 0 Å². The summed E-state index contributed by atoms with van der Waals surface area (Å²) in [6.07, 6.45) is 2.52. The van der Waals surface area contributed by atoms with Crippen molar-refractivity contribution in [3.8, 4) is 11.4 Å². The second-order valence-corrected chi connectivity index (χ2v) is 3.63. The Balaban J connectivity index is 2.58. The molecule has 2 aromatic rings. The summed E-state index contributed by atoms with van der Waals surface area (Å²) in [5.41, 5.74) is 8.51. The number of halogens is 1. The summed E-state index contributed by atoms with van der Waals surface area (Å²) in [5, 5.41) is 7.33. The Hall–Kier alpha value is -1.49. The van der Waals surface area contributed by atoms with Crippen LogP contribution >= 0.6 is 11.6 Å². The third kappa shape index (κ3) is 1.48. The van der Waals surface area contributed by atoms with E-state index in [-0.39, 0.29) is 0 Å². The number of anilines is 1. The monoisotopic (exact) mass is 225 g/mol. The average molecular weight is 226 g/mol. The van der Waals surface area contributed by atoms with Gasteiger partial charge in [-0.1, -0.05) is 6.92 Å². The number of rotatable bonds is 2. The van der Waals surface area contributed by atoms with Gasteiger partial charge in [-0.15, -0.1) is 0 Å². The molecule has 0 spiro atoms. The van der Waals surface area contributed by atoms with Crippen molar-refractivity contribution >= 4 is 17.4 Å². The van der Waals surface area contributed by atoms with Crippen LogP contribution in [0.1, 0.15) is 12.5 Å². The Bertz CT molecular complexity index is 485. The number of nitrogens with one attached hydrogen (secondary N) is 1. The second kappa shape index (κ2) is 3.58. The van der Waals surface area contributed by atoms with E-state index in [2.05, 4.69) is 15.2 Å². The number of nitrogen functional groups attached to an aromatic ring is 1. The highest BCUT2D eigenvalue weighted by atomic mass is 35.5. The van der Waals surface area contributed by atoms with Crippen molar-refractivity contribution in [3.05, 3.63) is 17.0 Å². The number of aromatic amines is 1. The van der Waals surface area contributed by atoms with Crippen molar-refractivity contribution in [2.24, 2.45) is 7.05 Å². The van der Waals surface area contributed by atoms with Gasteiger partial charge >= 0.3 is 0 Å². The van der Waals surface area contributed by atoms with Crippen LogP contribution < -0.4 is 5.73 Å². The summed E-state index contributed by atoms with van der Waals surface area (Å²) < 4.78 is 1.79. The van der Waals surface area contributed by atoms with E-state index >= 15 is 0 Å². The number of nitrogens with two attached hydrogens (primary N) is 1. The van der Waals surface area contributed by atoms with Gasteiger partial charge in [-0.2, -0.15) is 5.10 Å². The first-order valence-corrected chi connectivity index (χ1v) is 5.03. The molecule has 2 heterocycles. The number of imidazole rings is 1. The molecule has 0 saturated heterocycles. The molecule has 5 nitrogen and oxygen atoms in total. The van der Waals surface area contributed by atoms with Gasteiger partial charge in [0.05, 0.1) is 17.6 Å². The summed E-state index contributed by atoms with van der Waals surface area (Å²) in [6.45, 7) is 2.03. The zero-order valence-electron chi connectivity index (χ0n) is 8.58. The molecule has 6 heteroatoms. The molecular formula is C9H12ClN5. The first-order chi connectivity index (χ1) is 7.15. The van der Waals surface area contributed by atoms with Gasteiger partial charge in [0.15, 0.2) is 0 Å². The van der Waals surface area contributed by atoms with Gasteiger partial charge in [-0.3, -0.25) is 5.10 Å². The van der Waals surface area contributed by atoms with E-state index in [0.29, 0.717) is 11.1 Å². The zero-order chi connectivity index (χ0) is 11.0. The standard InChI is InChI=1S/C9H12ClN5/c1-3-5-7(13-14-8(5)11)6-4-12-9(10)15(6)2/h4H,3H2,1-2H3,(H3,11,13,14). The average Bonchev–Trinajstić information content (AvgIpc) is 2.73. The Morgan fingerprint density at radius 3 is 2.87 bits per heavy atom. The van der Waals surface area contributed by atoms with E-state index in [1.807, 2.05) is 14.0 Å². The van der Waals surface area contributed by atoms with E-state index in [1.165, 1.54) is 0 Å². The highest BCUT2D eigenvalue weighted by Crippen LogP contribution is 2.26. The van der Waals surface area contributed by atoms with Crippen LogP contribution in [0.15, 0.2) is 6.20 Å². The van der Waals surface area contributed by atoms with Gasteiger partial charge in [0.2, 0.25) is 5.28 Å². The summed E-state index contributed by atoms with van der Waals surface area (Å²) >= 11 is 5.87. The minimum Gasteiger partial charge on any atom is -0.382 e. The molecule has 15 heavy (non-hydrogen) atoms. The van der Waals surface area contributed by atoms with Gasteiger partial charge in [0, 0.05) is 12.6 Å². The van der Waals surface area contributed by atoms with Gasteiger partial charge < -0.3 is 10.3 Å². The maximum atomic E-state index is 5.87. The van der Waals surface area contributed by atoms with Crippen LogP contribution in [-0.2, 0) is 13.5 Å². The van der Waals surface area contributed by atoms with Crippen LogP contribution in [0.4, 0.5) is 5.82 Å². The molecule has 0 saturated carbocycles. The lowest BCUT2D eigenvalue weighted by Gasteiger charge is -2.02. The molecule has 0 aliphatic carbocycles. The maximum Gasteiger partial charge on any atom is 0.202 e. The van der Waals surface area contributed by atoms with Crippen molar-refractivity contribution in [2.75, 3.05) is 5.73 Å². The maximum absolute atomic E-state index is 5.87. The molecule has 0 aliphatic rings. The van der Waals surface area contributed by atoms with Crippen LogP contribution in [0.5, 0.6) is 0 Å². The first kappa shape index (κ1) is 10.0. The number of H-pyrrole nitrogens is 1. The molecule has 80 valence electrons. The minimum absolute atomic E-state index is 0.445. The summed E-state index contributed by atoms with van der Waals surface area (Å²) in [4.78, 5) is 4.02. The van der Waals surface area contributed by atoms with Crippen molar-refractivity contribution in [3.63, 3.8) is 0 Å². The van der Waals surface area contributed by atoms with Gasteiger partial charge in [0.1, 0.15) is 5.82 Å². The lowest BCUT2D eigenvalue weighted by atomic mass is 10.1. The summed E-state index contributed by atoms with van der Waals surface area (Å²) in [7, 11) is 1.85. The largest absolute Gasteiger partial charge is 0.382 e. The van der Waals surface area contributed by atoms with Crippen LogP contribution in [0.25, 0.3) is 11.4 Å². The van der Waals surface area contributed by atoms with E-state index in [4.69, 9.17) is 17.3 Å². The van der Waals surface area contributed by atoms with Crippen LogP contribution in [0, 0.1) is 0 Å². The van der Waals surface area contributed by atoms with Crippen molar-refractivity contribution in [1.29, 1.82) is 0 Å². The van der Waals surface area contributed by atoms with Crippen molar-refractivity contribution < 1.29 is 0 Å². The van der Waals surface area contributed by atoms with E-state index in [0.717, 1.165) is 23.4 Å². The lowest BCUT2D eigenvalue weighted by Crippen LogP contribution is -1.95. The van der Waals surface area contributed by atoms with Gasteiger partial charge in [0.25, 0.3) is 0 Å². The van der Waals surface area contributed by atoms with E-state index in [9.17, 15) is 0 Å². The topological polar surface area (TPSA) is 72.5 Å². The number of aromatic nitrogens is 4. The Kier molecular flexibility index (Phi) is 2.40. The zero-order valence-corrected chi connectivity index (χ0v) is 9.34. The second-order valence-electron chi connectivity index (χ2n) is 3.29. The Morgan fingerprint density at radius 1 is 1.60 bits per heavy atom. The highest BCUT2D eigenvalue weighted by molar-refractivity contribution is 6.28. The third-order valence-corrected chi connectivity index (χ3v) is 2.79. The number of hydrogen-bond acceptors (Lipinski definition) is 3. The molecule has 0 aromatic carbocycles. The normalized spacial score (nSPS) is 10.9. The Morgan fingerprint density at radius 2 is 2.33 bits per heavy atom. The van der Waals surface area contributed by atoms with Gasteiger partial charge in [-0.05, 0) is 18.0 Å². The minimum atomic E-state index is 0.445. The third-order valence-electron chi connectivity index (χ3n) is 2.44. The first-order valence-electron chi connectivity index (χ1n) is 4.65. The molecule has 0 radical (unpaired) electrons. The molecule has 0 unspecified atom stereocenters. The molecular weight excluding hydrogens is 214 g/mol. The van der Waals surface area contributed by atoms with Crippen molar-refractivity contribution in [2.45, 2.75) is 13.3 Å². The molecule has 3 N–H and O–H groups in total. The highest BCUT2D eigenvalue weighted by Gasteiger charge is 2.14. The smallest absolute Gasteiger partial charge is 0.202 e. The predicted octanol–water partition coefficient (Wildman–Crippen LogP) is 1.61. The van der Waals surface area contributed by atoms with E-state index in [1.54, 1.807) is 10.8 Å². The van der Waals surface area contributed by atoms with Crippen LogP contribution in [0.3, 0.4) is 0 Å². The van der Waals surface area contributed by atoms with Crippen LogP contribution in [-0.4, -0.2) is 19.7 Å². The molecule has 0 bridgehead atoms. The molecule has 0 fully saturated rings. The number of nitrogens with zero attached hydrogens (tertiary/aromatic N) is 3. The molecule has 2 rings (SSSR count). The SMILES string of the molecule is CCc1c(N)n[nH]c1-c1cnc(Cl)n1C. The molecule has 0 atom stereocenters. The van der Waals surface area contributed by atoms with Crippen molar-refractivity contribution in [1.82, 2.24) is 19.7 Å². The van der Waals surface area contributed by atoms with Gasteiger partial charge in [-0.25, -0.2) is 4.98 Å². The Labute approximate surface area is 92.3 Å². The molecule has 0 aliphatic heterocycles. The summed E-state index contributed by atoms with van der Waals surface area (Å²) in [6, 6.07) is 0. The van der Waals surface area contributed by atoms with Crippen LogP contribution in [0.2, 0.25) is 5.28 Å². The molecule has 2 aromatic heterocycles. The summed E-state index contributed by atoms with van der Waals surface area (Å²) in [5.74, 6) is 0.532. The quantitative estimate of drug-likeness (QED) is 0.816.